The number of ether oxygens (including phenoxy) is 1. The molecule has 0 spiro atoms. The zero-order valence-electron chi connectivity index (χ0n) is 10.0. The molecule has 2 nitrogen and oxygen atoms in total. The van der Waals surface area contributed by atoms with Crippen LogP contribution < -0.4 is 5.32 Å². The molecule has 2 heteroatoms. The molecule has 1 aliphatic carbocycles. The first-order valence-corrected chi connectivity index (χ1v) is 6.71. The minimum absolute atomic E-state index is 0.701. The van der Waals surface area contributed by atoms with Gasteiger partial charge in [-0.1, -0.05) is 26.2 Å². The molecule has 15 heavy (non-hydrogen) atoms. The van der Waals surface area contributed by atoms with Gasteiger partial charge in [0.25, 0.3) is 0 Å². The average molecular weight is 211 g/mol. The van der Waals surface area contributed by atoms with Crippen molar-refractivity contribution < 1.29 is 4.74 Å². The third-order valence-electron chi connectivity index (χ3n) is 4.16. The van der Waals surface area contributed by atoms with E-state index in [9.17, 15) is 0 Å². The molecule has 0 bridgehead atoms. The van der Waals surface area contributed by atoms with Gasteiger partial charge >= 0.3 is 0 Å². The highest BCUT2D eigenvalue weighted by atomic mass is 16.5. The van der Waals surface area contributed by atoms with E-state index in [4.69, 9.17) is 4.74 Å². The molecule has 0 aromatic carbocycles. The molecular formula is C13H25NO. The summed E-state index contributed by atoms with van der Waals surface area (Å²) in [5.41, 5.74) is 0. The Morgan fingerprint density at radius 1 is 1.33 bits per heavy atom. The van der Waals surface area contributed by atoms with Crippen LogP contribution in [0.2, 0.25) is 0 Å². The highest BCUT2D eigenvalue weighted by Gasteiger charge is 2.24. The van der Waals surface area contributed by atoms with Gasteiger partial charge in [-0.2, -0.15) is 0 Å². The first kappa shape index (κ1) is 11.4. The molecule has 2 unspecified atom stereocenters. The van der Waals surface area contributed by atoms with Gasteiger partial charge in [0.05, 0.1) is 6.61 Å². The van der Waals surface area contributed by atoms with Gasteiger partial charge < -0.3 is 10.1 Å². The third-order valence-corrected chi connectivity index (χ3v) is 4.16. The lowest BCUT2D eigenvalue weighted by atomic mass is 9.83. The van der Waals surface area contributed by atoms with Gasteiger partial charge in [0, 0.05) is 12.6 Å². The largest absolute Gasteiger partial charge is 0.381 e. The first-order chi connectivity index (χ1) is 7.40. The zero-order chi connectivity index (χ0) is 10.5. The van der Waals surface area contributed by atoms with Crippen molar-refractivity contribution in [3.05, 3.63) is 0 Å². The van der Waals surface area contributed by atoms with E-state index in [1.807, 2.05) is 0 Å². The molecule has 2 fully saturated rings. The smallest absolute Gasteiger partial charge is 0.0509 e. The molecule has 1 saturated carbocycles. The first-order valence-electron chi connectivity index (χ1n) is 6.71. The molecule has 1 saturated heterocycles. The molecule has 2 aliphatic rings. The van der Waals surface area contributed by atoms with Crippen molar-refractivity contribution in [3.63, 3.8) is 0 Å². The van der Waals surface area contributed by atoms with E-state index >= 15 is 0 Å². The number of hydrogen-bond acceptors (Lipinski definition) is 2. The molecule has 0 radical (unpaired) electrons. The van der Waals surface area contributed by atoms with E-state index in [1.54, 1.807) is 0 Å². The average Bonchev–Trinajstić information content (AvgIpc) is 2.68. The Hall–Kier alpha value is -0.0800. The van der Waals surface area contributed by atoms with Gasteiger partial charge in [0.15, 0.2) is 0 Å². The molecule has 2 rings (SSSR count). The second-order valence-electron chi connectivity index (χ2n) is 5.18. The molecule has 88 valence electrons. The molecule has 0 amide bonds. The topological polar surface area (TPSA) is 21.3 Å². The quantitative estimate of drug-likeness (QED) is 0.729. The fourth-order valence-corrected chi connectivity index (χ4v) is 2.77. The summed E-state index contributed by atoms with van der Waals surface area (Å²) in [6, 6.07) is 0.701. The predicted octanol–water partition coefficient (Wildman–Crippen LogP) is 2.58. The Bertz CT molecular complexity index is 173. The van der Waals surface area contributed by atoms with Crippen molar-refractivity contribution in [2.75, 3.05) is 19.8 Å². The summed E-state index contributed by atoms with van der Waals surface area (Å²) in [4.78, 5) is 0. The lowest BCUT2D eigenvalue weighted by Gasteiger charge is -2.28. The van der Waals surface area contributed by atoms with Crippen molar-refractivity contribution in [1.29, 1.82) is 0 Å². The molecular weight excluding hydrogens is 186 g/mol. The molecule has 1 heterocycles. The maximum atomic E-state index is 5.46. The Morgan fingerprint density at radius 3 is 2.73 bits per heavy atom. The van der Waals surface area contributed by atoms with Crippen LogP contribution in [0.15, 0.2) is 0 Å². The lowest BCUT2D eigenvalue weighted by molar-refractivity contribution is 0.174. The van der Waals surface area contributed by atoms with E-state index in [1.165, 1.54) is 45.1 Å². The molecule has 1 N–H and O–H groups in total. The standard InChI is InChI=1S/C13H25NO/c1-2-13(12-7-9-15-10-12)14-8-6-11-4-3-5-11/h11-14H,2-10H2,1H3. The third kappa shape index (κ3) is 3.18. The van der Waals surface area contributed by atoms with Crippen LogP contribution in [0.1, 0.15) is 45.4 Å². The summed E-state index contributed by atoms with van der Waals surface area (Å²) < 4.78 is 5.46. The Morgan fingerprint density at radius 2 is 2.20 bits per heavy atom. The highest BCUT2D eigenvalue weighted by molar-refractivity contribution is 4.79. The normalized spacial score (nSPS) is 29.0. The van der Waals surface area contributed by atoms with Gasteiger partial charge in [-0.3, -0.25) is 0 Å². The summed E-state index contributed by atoms with van der Waals surface area (Å²) in [5.74, 6) is 1.81. The van der Waals surface area contributed by atoms with Gasteiger partial charge in [0.1, 0.15) is 0 Å². The van der Waals surface area contributed by atoms with Crippen molar-refractivity contribution in [3.8, 4) is 0 Å². The summed E-state index contributed by atoms with van der Waals surface area (Å²) in [6.07, 6.45) is 8.33. The number of hydrogen-bond donors (Lipinski definition) is 1. The molecule has 1 aliphatic heterocycles. The summed E-state index contributed by atoms with van der Waals surface area (Å²) in [6.45, 7) is 5.47. The summed E-state index contributed by atoms with van der Waals surface area (Å²) >= 11 is 0. The zero-order valence-corrected chi connectivity index (χ0v) is 10.0. The van der Waals surface area contributed by atoms with Gasteiger partial charge in [-0.05, 0) is 37.6 Å². The maximum Gasteiger partial charge on any atom is 0.0509 e. The van der Waals surface area contributed by atoms with Crippen molar-refractivity contribution in [2.45, 2.75) is 51.5 Å². The van der Waals surface area contributed by atoms with Crippen LogP contribution in [0.5, 0.6) is 0 Å². The SMILES string of the molecule is CCC(NCCC1CCC1)C1CCOC1. The van der Waals surface area contributed by atoms with Crippen LogP contribution in [0.4, 0.5) is 0 Å². The van der Waals surface area contributed by atoms with Crippen molar-refractivity contribution in [2.24, 2.45) is 11.8 Å². The Kier molecular flexibility index (Phi) is 4.45. The number of rotatable bonds is 6. The predicted molar refractivity (Wildman–Crippen MR) is 63.0 cm³/mol. The minimum atomic E-state index is 0.701. The van der Waals surface area contributed by atoms with E-state index in [2.05, 4.69) is 12.2 Å². The van der Waals surface area contributed by atoms with E-state index < -0.39 is 0 Å². The van der Waals surface area contributed by atoms with E-state index in [0.29, 0.717) is 6.04 Å². The second kappa shape index (κ2) is 5.86. The molecule has 0 aromatic heterocycles. The fourth-order valence-electron chi connectivity index (χ4n) is 2.77. The highest BCUT2D eigenvalue weighted by Crippen LogP contribution is 2.29. The lowest BCUT2D eigenvalue weighted by Crippen LogP contribution is -2.37. The van der Waals surface area contributed by atoms with Crippen LogP contribution in [0, 0.1) is 11.8 Å². The van der Waals surface area contributed by atoms with Gasteiger partial charge in [0.2, 0.25) is 0 Å². The number of nitrogens with one attached hydrogen (secondary N) is 1. The minimum Gasteiger partial charge on any atom is -0.381 e. The van der Waals surface area contributed by atoms with Crippen LogP contribution in [-0.2, 0) is 4.74 Å². The van der Waals surface area contributed by atoms with Gasteiger partial charge in [-0.25, -0.2) is 0 Å². The summed E-state index contributed by atoms with van der Waals surface area (Å²) in [7, 11) is 0. The van der Waals surface area contributed by atoms with Crippen molar-refractivity contribution >= 4 is 0 Å². The van der Waals surface area contributed by atoms with E-state index in [0.717, 1.165) is 25.0 Å². The molecule has 2 atom stereocenters. The van der Waals surface area contributed by atoms with Crippen LogP contribution in [0.3, 0.4) is 0 Å². The van der Waals surface area contributed by atoms with Crippen LogP contribution in [-0.4, -0.2) is 25.8 Å². The van der Waals surface area contributed by atoms with Gasteiger partial charge in [-0.15, -0.1) is 0 Å². The van der Waals surface area contributed by atoms with E-state index in [-0.39, 0.29) is 0 Å². The van der Waals surface area contributed by atoms with Crippen LogP contribution >= 0.6 is 0 Å². The molecule has 0 aromatic rings. The monoisotopic (exact) mass is 211 g/mol. The fraction of sp³-hybridized carbons (Fsp3) is 1.00. The maximum absolute atomic E-state index is 5.46. The summed E-state index contributed by atoms with van der Waals surface area (Å²) in [5, 5.41) is 3.73. The Labute approximate surface area is 93.8 Å². The second-order valence-corrected chi connectivity index (χ2v) is 5.18. The van der Waals surface area contributed by atoms with Crippen molar-refractivity contribution in [1.82, 2.24) is 5.32 Å². The van der Waals surface area contributed by atoms with Crippen LogP contribution in [0.25, 0.3) is 0 Å². The Balaban J connectivity index is 1.61.